The summed E-state index contributed by atoms with van der Waals surface area (Å²) < 4.78 is 15.8. The van der Waals surface area contributed by atoms with Gasteiger partial charge in [-0.1, -0.05) is 0 Å². The van der Waals surface area contributed by atoms with Crippen LogP contribution in [0.15, 0.2) is 18.2 Å². The van der Waals surface area contributed by atoms with Crippen LogP contribution >= 0.6 is 0 Å². The van der Waals surface area contributed by atoms with Crippen molar-refractivity contribution in [3.05, 3.63) is 23.8 Å². The SMILES string of the molecule is COc1ccc(C(=O)[C@@H]2CCN(C(=O)OC(C)(C)C)C2)c(OC)c1. The van der Waals surface area contributed by atoms with Crippen LogP contribution in [-0.4, -0.2) is 49.7 Å². The molecule has 132 valence electrons. The Kier molecular flexibility index (Phi) is 5.36. The lowest BCUT2D eigenvalue weighted by molar-refractivity contribution is 0.0289. The Labute approximate surface area is 142 Å². The smallest absolute Gasteiger partial charge is 0.410 e. The van der Waals surface area contributed by atoms with Gasteiger partial charge < -0.3 is 19.1 Å². The van der Waals surface area contributed by atoms with Gasteiger partial charge in [-0.25, -0.2) is 4.79 Å². The normalized spacial score (nSPS) is 17.5. The summed E-state index contributed by atoms with van der Waals surface area (Å²) >= 11 is 0. The first kappa shape index (κ1) is 18.1. The van der Waals surface area contributed by atoms with Gasteiger partial charge in [0.1, 0.15) is 17.1 Å². The monoisotopic (exact) mass is 335 g/mol. The molecule has 1 aliphatic heterocycles. The molecule has 6 nitrogen and oxygen atoms in total. The van der Waals surface area contributed by atoms with E-state index < -0.39 is 5.60 Å². The Balaban J connectivity index is 2.08. The van der Waals surface area contributed by atoms with E-state index in [2.05, 4.69) is 0 Å². The largest absolute Gasteiger partial charge is 0.497 e. The predicted octanol–water partition coefficient (Wildman–Crippen LogP) is 3.14. The lowest BCUT2D eigenvalue weighted by Crippen LogP contribution is -2.35. The number of hydrogen-bond acceptors (Lipinski definition) is 5. The average Bonchev–Trinajstić information content (AvgIpc) is 3.02. The second-order valence-electron chi connectivity index (χ2n) is 6.84. The Morgan fingerprint density at radius 3 is 2.46 bits per heavy atom. The van der Waals surface area contributed by atoms with Crippen molar-refractivity contribution in [3.63, 3.8) is 0 Å². The molecule has 6 heteroatoms. The van der Waals surface area contributed by atoms with E-state index in [4.69, 9.17) is 14.2 Å². The number of carbonyl (C=O) groups excluding carboxylic acids is 2. The average molecular weight is 335 g/mol. The minimum Gasteiger partial charge on any atom is -0.497 e. The van der Waals surface area contributed by atoms with Gasteiger partial charge in [0.2, 0.25) is 0 Å². The minimum atomic E-state index is -0.543. The fourth-order valence-electron chi connectivity index (χ4n) is 2.69. The van der Waals surface area contributed by atoms with Crippen molar-refractivity contribution in [1.82, 2.24) is 4.90 Å². The molecule has 2 rings (SSSR count). The summed E-state index contributed by atoms with van der Waals surface area (Å²) in [5, 5.41) is 0. The van der Waals surface area contributed by atoms with E-state index in [9.17, 15) is 9.59 Å². The molecular formula is C18H25NO5. The molecule has 0 bridgehead atoms. The number of ether oxygens (including phenoxy) is 3. The molecule has 1 atom stereocenters. The van der Waals surface area contributed by atoms with Gasteiger partial charge in [0, 0.05) is 25.1 Å². The number of amides is 1. The topological polar surface area (TPSA) is 65.1 Å². The van der Waals surface area contributed by atoms with Gasteiger partial charge >= 0.3 is 6.09 Å². The number of carbonyl (C=O) groups is 2. The van der Waals surface area contributed by atoms with E-state index in [-0.39, 0.29) is 17.8 Å². The molecule has 1 saturated heterocycles. The molecule has 0 spiro atoms. The van der Waals surface area contributed by atoms with Crippen LogP contribution in [0.3, 0.4) is 0 Å². The van der Waals surface area contributed by atoms with E-state index in [0.717, 1.165) is 0 Å². The van der Waals surface area contributed by atoms with Crippen LogP contribution in [0.2, 0.25) is 0 Å². The Bertz CT molecular complexity index is 620. The van der Waals surface area contributed by atoms with Crippen LogP contribution in [-0.2, 0) is 4.74 Å². The van der Waals surface area contributed by atoms with Crippen molar-refractivity contribution in [1.29, 1.82) is 0 Å². The maximum absolute atomic E-state index is 12.8. The molecule has 1 aromatic rings. The second kappa shape index (κ2) is 7.11. The fourth-order valence-corrected chi connectivity index (χ4v) is 2.69. The van der Waals surface area contributed by atoms with Crippen LogP contribution in [0, 0.1) is 5.92 Å². The van der Waals surface area contributed by atoms with Gasteiger partial charge in [-0.15, -0.1) is 0 Å². The lowest BCUT2D eigenvalue weighted by atomic mass is 9.96. The first-order valence-electron chi connectivity index (χ1n) is 7.99. The highest BCUT2D eigenvalue weighted by Crippen LogP contribution is 2.30. The molecule has 1 fully saturated rings. The van der Waals surface area contributed by atoms with Crippen LogP contribution in [0.4, 0.5) is 4.79 Å². The maximum atomic E-state index is 12.8. The summed E-state index contributed by atoms with van der Waals surface area (Å²) in [6, 6.07) is 5.13. The van der Waals surface area contributed by atoms with Gasteiger partial charge in [0.05, 0.1) is 19.8 Å². The van der Waals surface area contributed by atoms with Crippen molar-refractivity contribution in [2.24, 2.45) is 5.92 Å². The molecule has 1 aliphatic rings. The van der Waals surface area contributed by atoms with Crippen molar-refractivity contribution in [2.45, 2.75) is 32.8 Å². The number of hydrogen-bond donors (Lipinski definition) is 0. The predicted molar refractivity (Wildman–Crippen MR) is 89.8 cm³/mol. The number of likely N-dealkylation sites (tertiary alicyclic amines) is 1. The molecule has 0 aromatic heterocycles. The van der Waals surface area contributed by atoms with Gasteiger partial charge in [0.25, 0.3) is 0 Å². The third-order valence-corrected chi connectivity index (χ3v) is 3.88. The van der Waals surface area contributed by atoms with Crippen LogP contribution in [0.5, 0.6) is 11.5 Å². The number of nitrogens with zero attached hydrogens (tertiary/aromatic N) is 1. The number of methoxy groups -OCH3 is 2. The van der Waals surface area contributed by atoms with E-state index in [1.54, 1.807) is 30.2 Å². The molecule has 1 amide bonds. The summed E-state index contributed by atoms with van der Waals surface area (Å²) in [6.45, 7) is 6.36. The summed E-state index contributed by atoms with van der Waals surface area (Å²) in [4.78, 5) is 26.5. The highest BCUT2D eigenvalue weighted by atomic mass is 16.6. The molecule has 0 aliphatic carbocycles. The number of rotatable bonds is 4. The first-order valence-corrected chi connectivity index (χ1v) is 7.99. The summed E-state index contributed by atoms with van der Waals surface area (Å²) in [5.41, 5.74) is -0.0346. The zero-order valence-corrected chi connectivity index (χ0v) is 14.9. The van der Waals surface area contributed by atoms with Crippen molar-refractivity contribution in [2.75, 3.05) is 27.3 Å². The van der Waals surface area contributed by atoms with Gasteiger partial charge in [-0.3, -0.25) is 4.79 Å². The molecule has 0 unspecified atom stereocenters. The van der Waals surface area contributed by atoms with Crippen LogP contribution in [0.25, 0.3) is 0 Å². The molecule has 0 N–H and O–H groups in total. The van der Waals surface area contributed by atoms with Gasteiger partial charge in [-0.05, 0) is 39.3 Å². The number of Topliss-reactive ketones (excluding diaryl/α,β-unsaturated/α-hetero) is 1. The fraction of sp³-hybridized carbons (Fsp3) is 0.556. The van der Waals surface area contributed by atoms with Crippen LogP contribution in [0.1, 0.15) is 37.6 Å². The Hall–Kier alpha value is -2.24. The first-order chi connectivity index (χ1) is 11.2. The molecule has 24 heavy (non-hydrogen) atoms. The van der Waals surface area contributed by atoms with Crippen molar-refractivity contribution >= 4 is 11.9 Å². The zero-order valence-electron chi connectivity index (χ0n) is 14.9. The zero-order chi connectivity index (χ0) is 17.9. The highest BCUT2D eigenvalue weighted by molar-refractivity contribution is 6.01. The molecule has 0 saturated carbocycles. The molecular weight excluding hydrogens is 310 g/mol. The summed E-state index contributed by atoms with van der Waals surface area (Å²) in [7, 11) is 3.08. The third-order valence-electron chi connectivity index (χ3n) is 3.88. The van der Waals surface area contributed by atoms with E-state index in [1.807, 2.05) is 20.8 Å². The highest BCUT2D eigenvalue weighted by Gasteiger charge is 2.34. The molecule has 1 heterocycles. The van der Waals surface area contributed by atoms with Crippen LogP contribution < -0.4 is 9.47 Å². The molecule has 1 aromatic carbocycles. The van der Waals surface area contributed by atoms with Crippen molar-refractivity contribution in [3.8, 4) is 11.5 Å². The van der Waals surface area contributed by atoms with E-state index >= 15 is 0 Å². The van der Waals surface area contributed by atoms with E-state index in [0.29, 0.717) is 36.6 Å². The molecule has 0 radical (unpaired) electrons. The van der Waals surface area contributed by atoms with Crippen molar-refractivity contribution < 1.29 is 23.8 Å². The van der Waals surface area contributed by atoms with E-state index in [1.165, 1.54) is 7.11 Å². The lowest BCUT2D eigenvalue weighted by Gasteiger charge is -2.24. The minimum absolute atomic E-state index is 0.0273. The summed E-state index contributed by atoms with van der Waals surface area (Å²) in [5.74, 6) is 0.834. The summed E-state index contributed by atoms with van der Waals surface area (Å²) in [6.07, 6.45) is 0.243. The quantitative estimate of drug-likeness (QED) is 0.791. The standard InChI is InChI=1S/C18H25NO5/c1-18(2,3)24-17(21)19-9-8-12(11-19)16(20)14-7-6-13(22-4)10-15(14)23-5/h6-7,10,12H,8-9,11H2,1-5H3/t12-/m1/s1. The maximum Gasteiger partial charge on any atom is 0.410 e. The van der Waals surface area contributed by atoms with Gasteiger partial charge in [0.15, 0.2) is 5.78 Å². The Morgan fingerprint density at radius 2 is 1.88 bits per heavy atom. The second-order valence-corrected chi connectivity index (χ2v) is 6.84. The Morgan fingerprint density at radius 1 is 1.17 bits per heavy atom. The van der Waals surface area contributed by atoms with Gasteiger partial charge in [-0.2, -0.15) is 0 Å². The number of benzene rings is 1. The third kappa shape index (κ3) is 4.19. The number of ketones is 1.